The van der Waals surface area contributed by atoms with Crippen molar-refractivity contribution < 1.29 is 14.0 Å². The molecule has 0 saturated carbocycles. The number of H-pyrrole nitrogens is 1. The second-order valence-electron chi connectivity index (χ2n) is 7.87. The molecule has 0 atom stereocenters. The molecule has 0 unspecified atom stereocenters. The fourth-order valence-corrected chi connectivity index (χ4v) is 4.63. The van der Waals surface area contributed by atoms with Crippen molar-refractivity contribution in [2.75, 3.05) is 0 Å². The van der Waals surface area contributed by atoms with Gasteiger partial charge in [0.2, 0.25) is 0 Å². The highest BCUT2D eigenvalue weighted by Gasteiger charge is 2.26. The summed E-state index contributed by atoms with van der Waals surface area (Å²) < 4.78 is 15.7. The molecule has 0 saturated heterocycles. The summed E-state index contributed by atoms with van der Waals surface area (Å²) in [5.41, 5.74) is 5.05. The molecule has 0 aliphatic heterocycles. The third-order valence-corrected chi connectivity index (χ3v) is 6.35. The summed E-state index contributed by atoms with van der Waals surface area (Å²) in [5.74, 6) is -0.0692. The van der Waals surface area contributed by atoms with Crippen LogP contribution in [0.25, 0.3) is 27.5 Å². The predicted molar refractivity (Wildman–Crippen MR) is 112 cm³/mol. The Labute approximate surface area is 163 Å². The second kappa shape index (κ2) is 6.84. The lowest BCUT2D eigenvalue weighted by Gasteiger charge is -2.17. The van der Waals surface area contributed by atoms with E-state index in [4.69, 9.17) is 0 Å². The van der Waals surface area contributed by atoms with Crippen LogP contribution in [0.1, 0.15) is 31.0 Å². The molecular formula is C21H24FN3O2Si. The SMILES string of the molecule is CC(C)c1c(CC[Si](C)(O)O)c2cc3[nH]ncc3cc2n1-c1ccc(F)cc1. The molecule has 0 aliphatic carbocycles. The van der Waals surface area contributed by atoms with Crippen LogP contribution in [0, 0.1) is 5.82 Å². The second-order valence-corrected chi connectivity index (χ2v) is 10.8. The van der Waals surface area contributed by atoms with Crippen molar-refractivity contribution >= 4 is 30.4 Å². The van der Waals surface area contributed by atoms with E-state index in [1.165, 1.54) is 18.7 Å². The van der Waals surface area contributed by atoms with Crippen molar-refractivity contribution in [3.8, 4) is 5.69 Å². The maximum Gasteiger partial charge on any atom is 0.329 e. The smallest absolute Gasteiger partial charge is 0.329 e. The Hall–Kier alpha value is -2.48. The molecule has 0 bridgehead atoms. The number of halogens is 1. The van der Waals surface area contributed by atoms with Crippen LogP contribution < -0.4 is 0 Å². The van der Waals surface area contributed by atoms with Crippen molar-refractivity contribution in [2.24, 2.45) is 0 Å². The first-order chi connectivity index (χ1) is 13.2. The minimum Gasteiger partial charge on any atom is -0.411 e. The molecule has 7 heteroatoms. The van der Waals surface area contributed by atoms with Crippen molar-refractivity contribution in [2.45, 2.75) is 38.8 Å². The Kier molecular flexibility index (Phi) is 4.61. The van der Waals surface area contributed by atoms with Crippen LogP contribution in [-0.2, 0) is 6.42 Å². The molecule has 0 aliphatic rings. The van der Waals surface area contributed by atoms with E-state index in [1.807, 2.05) is 0 Å². The van der Waals surface area contributed by atoms with Gasteiger partial charge in [0.25, 0.3) is 0 Å². The van der Waals surface area contributed by atoms with Gasteiger partial charge in [-0.3, -0.25) is 5.10 Å². The van der Waals surface area contributed by atoms with Crippen LogP contribution in [0.2, 0.25) is 12.6 Å². The van der Waals surface area contributed by atoms with Crippen LogP contribution >= 0.6 is 0 Å². The predicted octanol–water partition coefficient (Wildman–Crippen LogP) is 4.37. The van der Waals surface area contributed by atoms with Gasteiger partial charge in [0.15, 0.2) is 0 Å². The van der Waals surface area contributed by atoms with Crippen molar-refractivity contribution in [3.05, 3.63) is 59.7 Å². The van der Waals surface area contributed by atoms with Crippen LogP contribution in [-0.4, -0.2) is 32.9 Å². The molecule has 4 aromatic rings. The van der Waals surface area contributed by atoms with E-state index >= 15 is 0 Å². The highest BCUT2D eigenvalue weighted by Crippen LogP contribution is 2.37. The standard InChI is InChI=1S/C21H24FN3O2Si/c1-13(2)21-17(8-9-28(3,26)27)18-11-19-14(12-23-24-19)10-20(18)25(21)16-6-4-15(22)5-7-16/h4-7,10-13,26-27H,8-9H2,1-3H3,(H,23,24). The number of hydrogen-bond acceptors (Lipinski definition) is 3. The van der Waals surface area contributed by atoms with E-state index in [9.17, 15) is 14.0 Å². The molecule has 5 nitrogen and oxygen atoms in total. The zero-order chi connectivity index (χ0) is 20.1. The fourth-order valence-electron chi connectivity index (χ4n) is 3.91. The van der Waals surface area contributed by atoms with Gasteiger partial charge < -0.3 is 14.2 Å². The maximum atomic E-state index is 13.5. The normalized spacial score (nSPS) is 12.5. The fraction of sp³-hybridized carbons (Fsp3) is 0.286. The molecule has 2 aromatic heterocycles. The average molecular weight is 398 g/mol. The monoisotopic (exact) mass is 397 g/mol. The van der Waals surface area contributed by atoms with E-state index in [1.54, 1.807) is 18.3 Å². The number of nitrogens with zero attached hydrogens (tertiary/aromatic N) is 2. The van der Waals surface area contributed by atoms with Crippen molar-refractivity contribution in [3.63, 3.8) is 0 Å². The summed E-state index contributed by atoms with van der Waals surface area (Å²) in [6.45, 7) is 5.79. The van der Waals surface area contributed by atoms with Crippen LogP contribution in [0.15, 0.2) is 42.6 Å². The Morgan fingerprint density at radius 2 is 1.89 bits per heavy atom. The zero-order valence-corrected chi connectivity index (χ0v) is 17.2. The zero-order valence-electron chi connectivity index (χ0n) is 16.2. The first kappa shape index (κ1) is 18.9. The van der Waals surface area contributed by atoms with Crippen molar-refractivity contribution in [1.29, 1.82) is 0 Å². The molecule has 0 radical (unpaired) electrons. The van der Waals surface area contributed by atoms with Gasteiger partial charge in [-0.05, 0) is 66.9 Å². The molecular weight excluding hydrogens is 373 g/mol. The lowest BCUT2D eigenvalue weighted by atomic mass is 10.0. The summed E-state index contributed by atoms with van der Waals surface area (Å²) in [4.78, 5) is 20.0. The van der Waals surface area contributed by atoms with E-state index in [-0.39, 0.29) is 11.7 Å². The van der Waals surface area contributed by atoms with Gasteiger partial charge >= 0.3 is 8.56 Å². The summed E-state index contributed by atoms with van der Waals surface area (Å²) in [6, 6.07) is 11.0. The van der Waals surface area contributed by atoms with Crippen LogP contribution in [0.4, 0.5) is 4.39 Å². The number of fused-ring (bicyclic) bond motifs is 2. The number of rotatable bonds is 5. The Balaban J connectivity index is 2.04. The lowest BCUT2D eigenvalue weighted by molar-refractivity contribution is 0.369. The molecule has 0 amide bonds. The van der Waals surface area contributed by atoms with Gasteiger partial charge in [0.05, 0.1) is 17.2 Å². The number of aryl methyl sites for hydroxylation is 1. The minimum atomic E-state index is -3.18. The number of aromatic nitrogens is 3. The van der Waals surface area contributed by atoms with E-state index in [0.717, 1.165) is 38.8 Å². The topological polar surface area (TPSA) is 74.1 Å². The van der Waals surface area contributed by atoms with E-state index in [2.05, 4.69) is 40.7 Å². The lowest BCUT2D eigenvalue weighted by Crippen LogP contribution is -2.30. The first-order valence-electron chi connectivity index (χ1n) is 9.45. The molecule has 0 fully saturated rings. The Morgan fingerprint density at radius 3 is 2.54 bits per heavy atom. The molecule has 146 valence electrons. The van der Waals surface area contributed by atoms with Crippen LogP contribution in [0.3, 0.4) is 0 Å². The first-order valence-corrected chi connectivity index (χ1v) is 12.1. The van der Waals surface area contributed by atoms with E-state index < -0.39 is 8.56 Å². The molecule has 28 heavy (non-hydrogen) atoms. The Bertz CT molecular complexity index is 1140. The number of benzene rings is 2. The third-order valence-electron chi connectivity index (χ3n) is 5.15. The molecule has 2 aromatic carbocycles. The van der Waals surface area contributed by atoms with Gasteiger partial charge in [0.1, 0.15) is 5.82 Å². The Morgan fingerprint density at radius 1 is 1.18 bits per heavy atom. The van der Waals surface area contributed by atoms with Gasteiger partial charge in [-0.25, -0.2) is 4.39 Å². The highest BCUT2D eigenvalue weighted by atomic mass is 28.4. The van der Waals surface area contributed by atoms with Crippen molar-refractivity contribution in [1.82, 2.24) is 14.8 Å². The summed E-state index contributed by atoms with van der Waals surface area (Å²) in [5, 5.41) is 9.21. The summed E-state index contributed by atoms with van der Waals surface area (Å²) >= 11 is 0. The highest BCUT2D eigenvalue weighted by molar-refractivity contribution is 6.63. The average Bonchev–Trinajstić information content (AvgIpc) is 3.19. The van der Waals surface area contributed by atoms with Gasteiger partial charge in [-0.2, -0.15) is 5.10 Å². The molecule has 0 spiro atoms. The molecule has 4 rings (SSSR count). The van der Waals surface area contributed by atoms with Gasteiger partial charge in [-0.15, -0.1) is 0 Å². The summed E-state index contributed by atoms with van der Waals surface area (Å²) in [7, 11) is -3.18. The van der Waals surface area contributed by atoms with Gasteiger partial charge in [0, 0.05) is 22.2 Å². The summed E-state index contributed by atoms with van der Waals surface area (Å²) in [6.07, 6.45) is 2.37. The maximum absolute atomic E-state index is 13.5. The largest absolute Gasteiger partial charge is 0.411 e. The van der Waals surface area contributed by atoms with E-state index in [0.29, 0.717) is 12.5 Å². The molecule has 3 N–H and O–H groups in total. The number of hydrogen-bond donors (Lipinski definition) is 3. The molecule has 2 heterocycles. The van der Waals surface area contributed by atoms with Crippen LogP contribution in [0.5, 0.6) is 0 Å². The number of aromatic amines is 1. The minimum absolute atomic E-state index is 0.203. The third kappa shape index (κ3) is 3.37. The number of nitrogens with one attached hydrogen (secondary N) is 1. The van der Waals surface area contributed by atoms with Gasteiger partial charge in [-0.1, -0.05) is 13.8 Å². The quantitative estimate of drug-likeness (QED) is 0.438.